The zero-order valence-electron chi connectivity index (χ0n) is 10.2. The van der Waals surface area contributed by atoms with Crippen molar-refractivity contribution in [2.75, 3.05) is 7.11 Å². The Hall–Kier alpha value is -1.12. The van der Waals surface area contributed by atoms with E-state index in [0.717, 1.165) is 34.5 Å². The van der Waals surface area contributed by atoms with Gasteiger partial charge in [-0.15, -0.1) is 0 Å². The quantitative estimate of drug-likeness (QED) is 0.818. The molecule has 2 aromatic rings. The lowest BCUT2D eigenvalue weighted by Gasteiger charge is -2.06. The Balaban J connectivity index is 2.48. The lowest BCUT2D eigenvalue weighted by atomic mass is 10.1. The molecule has 17 heavy (non-hydrogen) atoms. The average Bonchev–Trinajstić information content (AvgIpc) is 2.31. The Bertz CT molecular complexity index is 525. The van der Waals surface area contributed by atoms with Crippen LogP contribution in [0.5, 0.6) is 0 Å². The van der Waals surface area contributed by atoms with E-state index in [1.807, 2.05) is 12.1 Å². The van der Waals surface area contributed by atoms with E-state index in [2.05, 4.69) is 24.0 Å². The molecule has 0 aliphatic carbocycles. The van der Waals surface area contributed by atoms with Crippen molar-refractivity contribution < 1.29 is 4.74 Å². The molecule has 0 radical (unpaired) electrons. The van der Waals surface area contributed by atoms with E-state index in [1.54, 1.807) is 7.11 Å². The molecule has 1 heterocycles. The van der Waals surface area contributed by atoms with Crippen LogP contribution in [0.2, 0.25) is 5.02 Å². The highest BCUT2D eigenvalue weighted by atomic mass is 35.5. The fourth-order valence-corrected chi connectivity index (χ4v) is 2.23. The molecule has 0 aliphatic heterocycles. The molecule has 90 valence electrons. The van der Waals surface area contributed by atoms with Gasteiger partial charge in [0.05, 0.1) is 22.8 Å². The summed E-state index contributed by atoms with van der Waals surface area (Å²) in [6.45, 7) is 2.66. The van der Waals surface area contributed by atoms with Crippen LogP contribution >= 0.6 is 11.6 Å². The van der Waals surface area contributed by atoms with Crippen molar-refractivity contribution in [1.29, 1.82) is 0 Å². The third-order valence-electron chi connectivity index (χ3n) is 2.71. The largest absolute Gasteiger partial charge is 0.378 e. The Morgan fingerprint density at radius 1 is 1.29 bits per heavy atom. The van der Waals surface area contributed by atoms with Crippen LogP contribution in [0.1, 0.15) is 24.6 Å². The Morgan fingerprint density at radius 3 is 2.82 bits per heavy atom. The van der Waals surface area contributed by atoms with E-state index in [9.17, 15) is 0 Å². The highest BCUT2D eigenvalue weighted by molar-refractivity contribution is 6.35. The minimum atomic E-state index is 0.492. The molecule has 0 amide bonds. The zero-order chi connectivity index (χ0) is 12.3. The molecule has 0 atom stereocenters. The number of rotatable bonds is 4. The van der Waals surface area contributed by atoms with Crippen LogP contribution in [0.3, 0.4) is 0 Å². The molecule has 2 rings (SSSR count). The van der Waals surface area contributed by atoms with Gasteiger partial charge in [-0.25, -0.2) is 0 Å². The Labute approximate surface area is 107 Å². The summed E-state index contributed by atoms with van der Waals surface area (Å²) in [5, 5.41) is 1.78. The molecule has 0 saturated heterocycles. The minimum absolute atomic E-state index is 0.492. The minimum Gasteiger partial charge on any atom is -0.378 e. The summed E-state index contributed by atoms with van der Waals surface area (Å²) in [5.74, 6) is 0. The number of benzene rings is 1. The number of fused-ring (bicyclic) bond motifs is 1. The summed E-state index contributed by atoms with van der Waals surface area (Å²) in [6.07, 6.45) is 2.21. The molecule has 0 N–H and O–H groups in total. The van der Waals surface area contributed by atoms with Gasteiger partial charge in [0.2, 0.25) is 0 Å². The predicted molar refractivity (Wildman–Crippen MR) is 71.5 cm³/mol. The summed E-state index contributed by atoms with van der Waals surface area (Å²) in [5.41, 5.74) is 3.11. The number of halogens is 1. The second-order valence-electron chi connectivity index (χ2n) is 4.13. The second-order valence-corrected chi connectivity index (χ2v) is 4.54. The van der Waals surface area contributed by atoms with Gasteiger partial charge >= 0.3 is 0 Å². The van der Waals surface area contributed by atoms with Crippen molar-refractivity contribution in [3.05, 3.63) is 40.5 Å². The van der Waals surface area contributed by atoms with Gasteiger partial charge in [0.25, 0.3) is 0 Å². The van der Waals surface area contributed by atoms with Crippen molar-refractivity contribution in [2.24, 2.45) is 0 Å². The number of methoxy groups -OCH3 is 1. The molecule has 1 aromatic carbocycles. The topological polar surface area (TPSA) is 22.1 Å². The molecule has 1 aromatic heterocycles. The zero-order valence-corrected chi connectivity index (χ0v) is 10.9. The molecule has 2 nitrogen and oxygen atoms in total. The maximum absolute atomic E-state index is 6.27. The van der Waals surface area contributed by atoms with Gasteiger partial charge in [-0.05, 0) is 30.2 Å². The van der Waals surface area contributed by atoms with Crippen molar-refractivity contribution in [3.63, 3.8) is 0 Å². The summed E-state index contributed by atoms with van der Waals surface area (Å²) in [4.78, 5) is 4.52. The maximum Gasteiger partial charge on any atom is 0.0884 e. The van der Waals surface area contributed by atoms with E-state index in [-0.39, 0.29) is 0 Å². The molecular weight excluding hydrogens is 234 g/mol. The summed E-state index contributed by atoms with van der Waals surface area (Å²) >= 11 is 6.27. The number of aryl methyl sites for hydroxylation is 1. The fraction of sp³-hybridized carbons (Fsp3) is 0.357. The van der Waals surface area contributed by atoms with Crippen molar-refractivity contribution >= 4 is 22.5 Å². The number of aromatic nitrogens is 1. The van der Waals surface area contributed by atoms with Crippen LogP contribution in [-0.2, 0) is 17.8 Å². The first-order valence-corrected chi connectivity index (χ1v) is 6.19. The number of hydrogen-bond donors (Lipinski definition) is 0. The third kappa shape index (κ3) is 2.76. The van der Waals surface area contributed by atoms with E-state index < -0.39 is 0 Å². The first kappa shape index (κ1) is 12.3. The van der Waals surface area contributed by atoms with Gasteiger partial charge in [-0.2, -0.15) is 0 Å². The predicted octanol–water partition coefficient (Wildman–Crippen LogP) is 3.99. The van der Waals surface area contributed by atoms with E-state index >= 15 is 0 Å². The summed E-state index contributed by atoms with van der Waals surface area (Å²) < 4.78 is 5.07. The highest BCUT2D eigenvalue weighted by Crippen LogP contribution is 2.25. The van der Waals surface area contributed by atoms with Crippen molar-refractivity contribution in [3.8, 4) is 0 Å². The second kappa shape index (κ2) is 5.48. The highest BCUT2D eigenvalue weighted by Gasteiger charge is 2.05. The standard InChI is InChI=1S/C14H16ClNO/c1-3-4-10-5-6-14-12(7-10)13(15)8-11(16-14)9-17-2/h5-8H,3-4,9H2,1-2H3. The summed E-state index contributed by atoms with van der Waals surface area (Å²) in [6, 6.07) is 8.16. The van der Waals surface area contributed by atoms with E-state index in [0.29, 0.717) is 6.61 Å². The molecule has 0 fully saturated rings. The molecular formula is C14H16ClNO. The molecule has 0 spiro atoms. The van der Waals surface area contributed by atoms with Crippen LogP contribution in [0.15, 0.2) is 24.3 Å². The smallest absolute Gasteiger partial charge is 0.0884 e. The molecule has 0 aliphatic rings. The summed E-state index contributed by atoms with van der Waals surface area (Å²) in [7, 11) is 1.66. The van der Waals surface area contributed by atoms with E-state index in [1.165, 1.54) is 5.56 Å². The maximum atomic E-state index is 6.27. The van der Waals surface area contributed by atoms with Crippen LogP contribution in [0.4, 0.5) is 0 Å². The van der Waals surface area contributed by atoms with Crippen molar-refractivity contribution in [2.45, 2.75) is 26.4 Å². The van der Waals surface area contributed by atoms with Gasteiger partial charge in [0.1, 0.15) is 0 Å². The van der Waals surface area contributed by atoms with Crippen LogP contribution in [0.25, 0.3) is 10.9 Å². The first-order chi connectivity index (χ1) is 8.24. The Morgan fingerprint density at radius 2 is 2.12 bits per heavy atom. The van der Waals surface area contributed by atoms with E-state index in [4.69, 9.17) is 16.3 Å². The molecule has 0 bridgehead atoms. The monoisotopic (exact) mass is 249 g/mol. The Kier molecular flexibility index (Phi) is 3.97. The van der Waals surface area contributed by atoms with Gasteiger partial charge in [-0.1, -0.05) is 31.0 Å². The van der Waals surface area contributed by atoms with Gasteiger partial charge in [0.15, 0.2) is 0 Å². The van der Waals surface area contributed by atoms with Crippen LogP contribution in [-0.4, -0.2) is 12.1 Å². The molecule has 0 saturated carbocycles. The molecule has 3 heteroatoms. The fourth-order valence-electron chi connectivity index (χ4n) is 1.95. The SMILES string of the molecule is CCCc1ccc2nc(COC)cc(Cl)c2c1. The lowest BCUT2D eigenvalue weighted by Crippen LogP contribution is -1.94. The van der Waals surface area contributed by atoms with Crippen molar-refractivity contribution in [1.82, 2.24) is 4.98 Å². The molecule has 0 unspecified atom stereocenters. The normalized spacial score (nSPS) is 11.0. The average molecular weight is 250 g/mol. The van der Waals surface area contributed by atoms with Gasteiger partial charge < -0.3 is 4.74 Å². The lowest BCUT2D eigenvalue weighted by molar-refractivity contribution is 0.182. The van der Waals surface area contributed by atoms with Crippen LogP contribution < -0.4 is 0 Å². The number of hydrogen-bond acceptors (Lipinski definition) is 2. The number of ether oxygens (including phenoxy) is 1. The first-order valence-electron chi connectivity index (χ1n) is 5.81. The number of pyridine rings is 1. The third-order valence-corrected chi connectivity index (χ3v) is 3.02. The van der Waals surface area contributed by atoms with Gasteiger partial charge in [0, 0.05) is 12.5 Å². The van der Waals surface area contributed by atoms with Gasteiger partial charge in [-0.3, -0.25) is 4.98 Å². The number of nitrogens with zero attached hydrogens (tertiary/aromatic N) is 1. The van der Waals surface area contributed by atoms with Crippen LogP contribution in [0, 0.1) is 0 Å².